The van der Waals surface area contributed by atoms with Crippen molar-refractivity contribution in [1.82, 2.24) is 0 Å². The van der Waals surface area contributed by atoms with Crippen LogP contribution in [-0.2, 0) is 0 Å². The Kier molecular flexibility index (Phi) is 4.86. The highest BCUT2D eigenvalue weighted by molar-refractivity contribution is 9.10. The summed E-state index contributed by atoms with van der Waals surface area (Å²) in [5, 5.41) is 21.4. The van der Waals surface area contributed by atoms with Gasteiger partial charge in [0.1, 0.15) is 0 Å². The standard InChI is InChI=1S/C10H13BrClNO2/c1-6-2-7(3-9(12)10(6)11)13-4-8(15)5-14/h2-3,8,13-15H,4-5H2,1H3. The fraction of sp³-hybridized carbons (Fsp3) is 0.400. The van der Waals surface area contributed by atoms with Crippen molar-refractivity contribution < 1.29 is 10.2 Å². The fourth-order valence-corrected chi connectivity index (χ4v) is 1.62. The Bertz CT molecular complexity index is 323. The van der Waals surface area contributed by atoms with E-state index in [1.807, 2.05) is 13.0 Å². The van der Waals surface area contributed by atoms with E-state index in [1.165, 1.54) is 0 Å². The molecule has 3 N–H and O–H groups in total. The number of benzene rings is 1. The van der Waals surface area contributed by atoms with Crippen molar-refractivity contribution in [3.63, 3.8) is 0 Å². The van der Waals surface area contributed by atoms with Crippen molar-refractivity contribution in [3.05, 3.63) is 27.2 Å². The highest BCUT2D eigenvalue weighted by atomic mass is 79.9. The van der Waals surface area contributed by atoms with Gasteiger partial charge in [0.25, 0.3) is 0 Å². The fourth-order valence-electron chi connectivity index (χ4n) is 1.13. The van der Waals surface area contributed by atoms with Gasteiger partial charge in [-0.1, -0.05) is 11.6 Å². The molecule has 1 atom stereocenters. The van der Waals surface area contributed by atoms with Crippen LogP contribution in [0.15, 0.2) is 16.6 Å². The van der Waals surface area contributed by atoms with Gasteiger partial charge in [-0.15, -0.1) is 0 Å². The van der Waals surface area contributed by atoms with Gasteiger partial charge in [-0.05, 0) is 40.5 Å². The van der Waals surface area contributed by atoms with E-state index in [-0.39, 0.29) is 6.61 Å². The first kappa shape index (κ1) is 12.8. The number of aliphatic hydroxyl groups is 2. The van der Waals surface area contributed by atoms with Gasteiger partial charge in [0.15, 0.2) is 0 Å². The van der Waals surface area contributed by atoms with E-state index < -0.39 is 6.10 Å². The van der Waals surface area contributed by atoms with E-state index >= 15 is 0 Å². The van der Waals surface area contributed by atoms with E-state index in [2.05, 4.69) is 21.2 Å². The summed E-state index contributed by atoms with van der Waals surface area (Å²) in [6, 6.07) is 3.68. The van der Waals surface area contributed by atoms with Crippen molar-refractivity contribution >= 4 is 33.2 Å². The van der Waals surface area contributed by atoms with Crippen LogP contribution in [0.1, 0.15) is 5.56 Å². The molecule has 1 unspecified atom stereocenters. The predicted octanol–water partition coefficient (Wildman–Crippen LogP) is 2.18. The van der Waals surface area contributed by atoms with Gasteiger partial charge in [-0.25, -0.2) is 0 Å². The van der Waals surface area contributed by atoms with Crippen LogP contribution in [0.2, 0.25) is 5.02 Å². The lowest BCUT2D eigenvalue weighted by Gasteiger charge is -2.12. The molecule has 0 aliphatic carbocycles. The summed E-state index contributed by atoms with van der Waals surface area (Å²) in [7, 11) is 0. The van der Waals surface area contributed by atoms with E-state index in [0.717, 1.165) is 15.7 Å². The largest absolute Gasteiger partial charge is 0.394 e. The third kappa shape index (κ3) is 3.65. The minimum atomic E-state index is -0.757. The molecule has 0 spiro atoms. The number of rotatable bonds is 4. The van der Waals surface area contributed by atoms with Crippen molar-refractivity contribution in [2.75, 3.05) is 18.5 Å². The van der Waals surface area contributed by atoms with Crippen molar-refractivity contribution in [1.29, 1.82) is 0 Å². The van der Waals surface area contributed by atoms with Crippen LogP contribution in [-0.4, -0.2) is 29.5 Å². The molecule has 1 aromatic rings. The van der Waals surface area contributed by atoms with E-state index in [9.17, 15) is 0 Å². The summed E-state index contributed by atoms with van der Waals surface area (Å²) < 4.78 is 0.873. The topological polar surface area (TPSA) is 52.5 Å². The molecule has 0 aromatic heterocycles. The maximum absolute atomic E-state index is 9.16. The first-order valence-electron chi connectivity index (χ1n) is 4.53. The summed E-state index contributed by atoms with van der Waals surface area (Å²) in [5.41, 5.74) is 1.84. The van der Waals surface area contributed by atoms with Gasteiger partial charge in [0, 0.05) is 16.7 Å². The Morgan fingerprint density at radius 1 is 1.53 bits per heavy atom. The summed E-state index contributed by atoms with van der Waals surface area (Å²) in [6.45, 7) is 1.98. The molecule has 84 valence electrons. The first-order valence-corrected chi connectivity index (χ1v) is 5.70. The van der Waals surface area contributed by atoms with Gasteiger partial charge in [0.2, 0.25) is 0 Å². The minimum absolute atomic E-state index is 0.254. The van der Waals surface area contributed by atoms with Crippen LogP contribution in [0.4, 0.5) is 5.69 Å². The summed E-state index contributed by atoms with van der Waals surface area (Å²) in [5.74, 6) is 0. The van der Waals surface area contributed by atoms with Crippen molar-refractivity contribution in [2.24, 2.45) is 0 Å². The number of anilines is 1. The van der Waals surface area contributed by atoms with Gasteiger partial charge in [-0.3, -0.25) is 0 Å². The lowest BCUT2D eigenvalue weighted by atomic mass is 10.2. The minimum Gasteiger partial charge on any atom is -0.394 e. The Morgan fingerprint density at radius 3 is 2.73 bits per heavy atom. The lowest BCUT2D eigenvalue weighted by Crippen LogP contribution is -2.22. The van der Waals surface area contributed by atoms with Crippen LogP contribution < -0.4 is 5.32 Å². The van der Waals surface area contributed by atoms with Crippen LogP contribution in [0, 0.1) is 6.92 Å². The van der Waals surface area contributed by atoms with Gasteiger partial charge < -0.3 is 15.5 Å². The van der Waals surface area contributed by atoms with Gasteiger partial charge in [0.05, 0.1) is 17.7 Å². The third-order valence-corrected chi connectivity index (χ3v) is 3.54. The Morgan fingerprint density at radius 2 is 2.20 bits per heavy atom. The molecule has 15 heavy (non-hydrogen) atoms. The highest BCUT2D eigenvalue weighted by Gasteiger charge is 2.05. The van der Waals surface area contributed by atoms with E-state index in [4.69, 9.17) is 21.8 Å². The average Bonchev–Trinajstić information content (AvgIpc) is 2.22. The molecule has 5 heteroatoms. The molecule has 0 heterocycles. The molecule has 0 bridgehead atoms. The predicted molar refractivity (Wildman–Crippen MR) is 65.5 cm³/mol. The maximum atomic E-state index is 9.16. The van der Waals surface area contributed by atoms with Crippen molar-refractivity contribution in [2.45, 2.75) is 13.0 Å². The molecule has 0 saturated carbocycles. The van der Waals surface area contributed by atoms with Gasteiger partial charge >= 0.3 is 0 Å². The first-order chi connectivity index (χ1) is 7.04. The second-order valence-electron chi connectivity index (χ2n) is 3.31. The molecule has 3 nitrogen and oxygen atoms in total. The molecule has 1 rings (SSSR count). The number of hydrogen-bond acceptors (Lipinski definition) is 3. The maximum Gasteiger partial charge on any atom is 0.0942 e. The highest BCUT2D eigenvalue weighted by Crippen LogP contribution is 2.29. The average molecular weight is 295 g/mol. The Hall–Kier alpha value is -0.290. The number of halogens is 2. The summed E-state index contributed by atoms with van der Waals surface area (Å²) in [4.78, 5) is 0. The lowest BCUT2D eigenvalue weighted by molar-refractivity contribution is 0.105. The summed E-state index contributed by atoms with van der Waals surface area (Å²) in [6.07, 6.45) is -0.757. The molecule has 1 aromatic carbocycles. The molecular weight excluding hydrogens is 281 g/mol. The molecular formula is C10H13BrClNO2. The van der Waals surface area contributed by atoms with Crippen molar-refractivity contribution in [3.8, 4) is 0 Å². The zero-order valence-corrected chi connectivity index (χ0v) is 10.6. The van der Waals surface area contributed by atoms with Gasteiger partial charge in [-0.2, -0.15) is 0 Å². The van der Waals surface area contributed by atoms with E-state index in [1.54, 1.807) is 6.07 Å². The number of aryl methyl sites for hydroxylation is 1. The number of aliphatic hydroxyl groups excluding tert-OH is 2. The van der Waals surface area contributed by atoms with Crippen LogP contribution in [0.5, 0.6) is 0 Å². The zero-order chi connectivity index (χ0) is 11.4. The molecule has 0 saturated heterocycles. The zero-order valence-electron chi connectivity index (χ0n) is 8.30. The van der Waals surface area contributed by atoms with Crippen LogP contribution in [0.25, 0.3) is 0 Å². The monoisotopic (exact) mass is 293 g/mol. The second-order valence-corrected chi connectivity index (χ2v) is 4.51. The van der Waals surface area contributed by atoms with E-state index in [0.29, 0.717) is 11.6 Å². The second kappa shape index (κ2) is 5.70. The number of nitrogens with one attached hydrogen (secondary N) is 1. The smallest absolute Gasteiger partial charge is 0.0942 e. The van der Waals surface area contributed by atoms with Crippen LogP contribution in [0.3, 0.4) is 0 Å². The molecule has 0 aliphatic rings. The molecule has 0 fully saturated rings. The molecule has 0 amide bonds. The number of hydrogen-bond donors (Lipinski definition) is 3. The Balaban J connectivity index is 2.70. The normalized spacial score (nSPS) is 12.6. The Labute approximate surface area is 102 Å². The summed E-state index contributed by atoms with van der Waals surface area (Å²) >= 11 is 9.33. The molecule has 0 radical (unpaired) electrons. The quantitative estimate of drug-likeness (QED) is 0.798. The third-order valence-electron chi connectivity index (χ3n) is 1.96. The molecule has 0 aliphatic heterocycles. The SMILES string of the molecule is Cc1cc(NCC(O)CO)cc(Cl)c1Br. The van der Waals surface area contributed by atoms with Crippen LogP contribution >= 0.6 is 27.5 Å².